The maximum absolute atomic E-state index is 2.37. The summed E-state index contributed by atoms with van der Waals surface area (Å²) in [5, 5.41) is 0. The molecule has 3 aliphatic rings. The lowest BCUT2D eigenvalue weighted by molar-refractivity contribution is 0.136. The average Bonchev–Trinajstić information content (AvgIpc) is 2.77. The molecule has 29 heavy (non-hydrogen) atoms. The number of hydrogen-bond acceptors (Lipinski definition) is 0. The Labute approximate surface area is 184 Å². The van der Waals surface area contributed by atoms with Crippen LogP contribution >= 0.6 is 0 Å². The Kier molecular flexibility index (Phi) is 10.9. The molecule has 3 fully saturated rings. The third-order valence-electron chi connectivity index (χ3n) is 9.56. The van der Waals surface area contributed by atoms with E-state index in [1.54, 1.807) is 89.9 Å². The van der Waals surface area contributed by atoms with Gasteiger partial charge in [0, 0.05) is 0 Å². The monoisotopic (exact) mass is 402 g/mol. The summed E-state index contributed by atoms with van der Waals surface area (Å²) in [4.78, 5) is 0. The molecule has 0 spiro atoms. The van der Waals surface area contributed by atoms with Gasteiger partial charge in [-0.15, -0.1) is 0 Å². The maximum Gasteiger partial charge on any atom is -0.0386 e. The Hall–Kier alpha value is 0. The fourth-order valence-electron chi connectivity index (χ4n) is 7.44. The summed E-state index contributed by atoms with van der Waals surface area (Å²) in [6, 6.07) is 0. The molecule has 3 rings (SSSR count). The van der Waals surface area contributed by atoms with E-state index in [-0.39, 0.29) is 0 Å². The van der Waals surface area contributed by atoms with Gasteiger partial charge in [0.2, 0.25) is 0 Å². The van der Waals surface area contributed by atoms with Crippen molar-refractivity contribution in [3.63, 3.8) is 0 Å². The molecule has 3 aliphatic carbocycles. The van der Waals surface area contributed by atoms with Gasteiger partial charge in [0.1, 0.15) is 0 Å². The SMILES string of the molecule is CCCCCCC1CCC(CCC2CCC(C3CCC(CCC)CC3)CC2)CC1. The van der Waals surface area contributed by atoms with Crippen LogP contribution in [0, 0.1) is 35.5 Å². The Bertz CT molecular complexity index is 388. The van der Waals surface area contributed by atoms with Crippen molar-refractivity contribution >= 4 is 0 Å². The second-order valence-corrected chi connectivity index (χ2v) is 11.7. The fourth-order valence-corrected chi connectivity index (χ4v) is 7.44. The zero-order valence-electron chi connectivity index (χ0n) is 20.3. The summed E-state index contributed by atoms with van der Waals surface area (Å²) in [6.07, 6.45) is 32.2. The molecule has 0 amide bonds. The third kappa shape index (κ3) is 8.22. The van der Waals surface area contributed by atoms with E-state index in [0.29, 0.717) is 0 Å². The van der Waals surface area contributed by atoms with Gasteiger partial charge in [-0.2, -0.15) is 0 Å². The van der Waals surface area contributed by atoms with Crippen molar-refractivity contribution in [1.29, 1.82) is 0 Å². The average molecular weight is 403 g/mol. The smallest absolute Gasteiger partial charge is 0.0386 e. The van der Waals surface area contributed by atoms with Crippen molar-refractivity contribution in [3.05, 3.63) is 0 Å². The summed E-state index contributed by atoms with van der Waals surface area (Å²) in [5.74, 6) is 6.57. The Morgan fingerprint density at radius 2 is 0.793 bits per heavy atom. The van der Waals surface area contributed by atoms with E-state index >= 15 is 0 Å². The maximum atomic E-state index is 2.37. The molecule has 170 valence electrons. The second-order valence-electron chi connectivity index (χ2n) is 11.7. The minimum Gasteiger partial charge on any atom is -0.0654 e. The number of rotatable bonds is 11. The van der Waals surface area contributed by atoms with Crippen LogP contribution in [-0.4, -0.2) is 0 Å². The van der Waals surface area contributed by atoms with Crippen LogP contribution in [0.25, 0.3) is 0 Å². The van der Waals surface area contributed by atoms with Crippen molar-refractivity contribution in [2.45, 2.75) is 149 Å². The third-order valence-corrected chi connectivity index (χ3v) is 9.56. The van der Waals surface area contributed by atoms with Gasteiger partial charge in [0.25, 0.3) is 0 Å². The highest BCUT2D eigenvalue weighted by atomic mass is 14.4. The summed E-state index contributed by atoms with van der Waals surface area (Å²) < 4.78 is 0. The van der Waals surface area contributed by atoms with Gasteiger partial charge >= 0.3 is 0 Å². The van der Waals surface area contributed by atoms with Gasteiger partial charge in [-0.25, -0.2) is 0 Å². The molecule has 0 aliphatic heterocycles. The Morgan fingerprint density at radius 1 is 0.379 bits per heavy atom. The van der Waals surface area contributed by atoms with E-state index in [9.17, 15) is 0 Å². The highest BCUT2D eigenvalue weighted by Crippen LogP contribution is 2.44. The van der Waals surface area contributed by atoms with Crippen molar-refractivity contribution in [2.75, 3.05) is 0 Å². The zero-order valence-corrected chi connectivity index (χ0v) is 20.3. The van der Waals surface area contributed by atoms with E-state index < -0.39 is 0 Å². The van der Waals surface area contributed by atoms with E-state index in [1.807, 2.05) is 0 Å². The minimum absolute atomic E-state index is 1.08. The van der Waals surface area contributed by atoms with Gasteiger partial charge in [-0.3, -0.25) is 0 Å². The van der Waals surface area contributed by atoms with Crippen molar-refractivity contribution in [1.82, 2.24) is 0 Å². The molecule has 0 unspecified atom stereocenters. The molecule has 0 heterocycles. The first-order valence-electron chi connectivity index (χ1n) is 14.3. The van der Waals surface area contributed by atoms with Crippen molar-refractivity contribution in [2.24, 2.45) is 35.5 Å². The van der Waals surface area contributed by atoms with E-state index in [1.165, 1.54) is 44.9 Å². The van der Waals surface area contributed by atoms with Crippen molar-refractivity contribution < 1.29 is 0 Å². The van der Waals surface area contributed by atoms with Gasteiger partial charge in [-0.1, -0.05) is 123 Å². The van der Waals surface area contributed by atoms with Crippen LogP contribution < -0.4 is 0 Å². The van der Waals surface area contributed by atoms with E-state index in [0.717, 1.165) is 35.5 Å². The molecule has 3 saturated carbocycles. The van der Waals surface area contributed by atoms with Crippen LogP contribution in [0.4, 0.5) is 0 Å². The molecule has 0 nitrogen and oxygen atoms in total. The highest BCUT2D eigenvalue weighted by Gasteiger charge is 2.31. The quantitative estimate of drug-likeness (QED) is 0.301. The van der Waals surface area contributed by atoms with Gasteiger partial charge in [-0.05, 0) is 61.2 Å². The standard InChI is InChI=1S/C29H54/c1-3-5-6-7-9-25-10-12-26(13-11-25)14-15-27-18-22-29(23-19-27)28-20-16-24(8-4-2)17-21-28/h24-29H,3-23H2,1-2H3. The molecule has 0 aromatic heterocycles. The van der Waals surface area contributed by atoms with Crippen LogP contribution in [0.2, 0.25) is 0 Å². The summed E-state index contributed by atoms with van der Waals surface area (Å²) in [7, 11) is 0. The van der Waals surface area contributed by atoms with Gasteiger partial charge < -0.3 is 0 Å². The molecule has 0 saturated heterocycles. The molecular formula is C29H54. The summed E-state index contributed by atoms with van der Waals surface area (Å²) in [5.41, 5.74) is 0. The lowest BCUT2D eigenvalue weighted by atomic mass is 9.68. The van der Waals surface area contributed by atoms with Crippen LogP contribution in [0.5, 0.6) is 0 Å². The molecule has 0 bridgehead atoms. The molecule has 0 aromatic carbocycles. The molecule has 0 radical (unpaired) electrons. The van der Waals surface area contributed by atoms with E-state index in [4.69, 9.17) is 0 Å². The van der Waals surface area contributed by atoms with E-state index in [2.05, 4.69) is 13.8 Å². The predicted octanol–water partition coefficient (Wildman–Crippen LogP) is 9.96. The lowest BCUT2D eigenvalue weighted by Gasteiger charge is -2.38. The summed E-state index contributed by atoms with van der Waals surface area (Å²) in [6.45, 7) is 4.70. The Morgan fingerprint density at radius 3 is 1.24 bits per heavy atom. The predicted molar refractivity (Wildman–Crippen MR) is 129 cm³/mol. The van der Waals surface area contributed by atoms with Crippen LogP contribution in [-0.2, 0) is 0 Å². The molecule has 0 heteroatoms. The van der Waals surface area contributed by atoms with Crippen LogP contribution in [0.1, 0.15) is 149 Å². The molecule has 0 N–H and O–H groups in total. The van der Waals surface area contributed by atoms with Crippen molar-refractivity contribution in [3.8, 4) is 0 Å². The molecule has 0 aromatic rings. The first kappa shape index (κ1) is 23.7. The fraction of sp³-hybridized carbons (Fsp3) is 1.00. The molecule has 0 atom stereocenters. The largest absolute Gasteiger partial charge is 0.0654 e. The number of hydrogen-bond donors (Lipinski definition) is 0. The van der Waals surface area contributed by atoms with Crippen LogP contribution in [0.15, 0.2) is 0 Å². The second kappa shape index (κ2) is 13.4. The minimum atomic E-state index is 1.08. The molecular weight excluding hydrogens is 348 g/mol. The van der Waals surface area contributed by atoms with Gasteiger partial charge in [0.15, 0.2) is 0 Å². The topological polar surface area (TPSA) is 0 Å². The summed E-state index contributed by atoms with van der Waals surface area (Å²) >= 11 is 0. The normalized spacial score (nSPS) is 36.2. The van der Waals surface area contributed by atoms with Gasteiger partial charge in [0.05, 0.1) is 0 Å². The highest BCUT2D eigenvalue weighted by molar-refractivity contribution is 4.83. The number of unbranched alkanes of at least 4 members (excludes halogenated alkanes) is 3. The van der Waals surface area contributed by atoms with Crippen LogP contribution in [0.3, 0.4) is 0 Å². The Balaban J connectivity index is 1.23. The lowest BCUT2D eigenvalue weighted by Crippen LogP contribution is -2.26. The zero-order chi connectivity index (χ0) is 20.3. The first-order valence-corrected chi connectivity index (χ1v) is 14.3. The first-order chi connectivity index (χ1) is 14.3.